The number of hydrogen-bond acceptors (Lipinski definition) is 2. The lowest BCUT2D eigenvalue weighted by Crippen LogP contribution is -1.85. The molecule has 0 fully saturated rings. The number of phenols is 1. The summed E-state index contributed by atoms with van der Waals surface area (Å²) in [5.74, 6) is 0.368. The van der Waals surface area contributed by atoms with Crippen LogP contribution >= 0.6 is 0 Å². The van der Waals surface area contributed by atoms with Gasteiger partial charge in [0.1, 0.15) is 5.75 Å². The first-order valence-corrected chi connectivity index (χ1v) is 5.17. The first kappa shape index (κ1) is 12.1. The van der Waals surface area contributed by atoms with Crippen LogP contribution in [0.5, 0.6) is 5.75 Å². The third kappa shape index (κ3) is 3.65. The molecule has 16 heavy (non-hydrogen) atoms. The Labute approximate surface area is 96.4 Å². The van der Waals surface area contributed by atoms with Crippen molar-refractivity contribution in [2.24, 2.45) is 0 Å². The predicted molar refractivity (Wildman–Crippen MR) is 68.4 cm³/mol. The second-order valence-electron chi connectivity index (χ2n) is 3.64. The number of aryl methyl sites for hydroxylation is 2. The Morgan fingerprint density at radius 2 is 1.31 bits per heavy atom. The Kier molecular flexibility index (Phi) is 4.40. The monoisotopic (exact) mass is 215 g/mol. The van der Waals surface area contributed by atoms with Gasteiger partial charge in [0.15, 0.2) is 0 Å². The molecule has 0 aliphatic carbocycles. The van der Waals surface area contributed by atoms with Gasteiger partial charge in [-0.1, -0.05) is 36.4 Å². The number of hydrogen-bond donors (Lipinski definition) is 2. The van der Waals surface area contributed by atoms with E-state index in [1.807, 2.05) is 56.3 Å². The average molecular weight is 215 g/mol. The number of nitrogens with two attached hydrogens (primary N) is 1. The second kappa shape index (κ2) is 5.81. The van der Waals surface area contributed by atoms with Crippen molar-refractivity contribution in [2.45, 2.75) is 13.8 Å². The Bertz CT molecular complexity index is 366. The van der Waals surface area contributed by atoms with Crippen LogP contribution in [0.15, 0.2) is 48.5 Å². The molecule has 0 heterocycles. The Morgan fingerprint density at radius 3 is 1.62 bits per heavy atom. The fraction of sp³-hybridized carbons (Fsp3) is 0.143. The quantitative estimate of drug-likeness (QED) is 0.662. The third-order valence-electron chi connectivity index (χ3n) is 2.30. The first-order chi connectivity index (χ1) is 7.61. The highest BCUT2D eigenvalue weighted by Gasteiger charge is 1.87. The van der Waals surface area contributed by atoms with Gasteiger partial charge < -0.3 is 10.8 Å². The summed E-state index contributed by atoms with van der Waals surface area (Å²) in [5.41, 5.74) is 8.46. The maximum Gasteiger partial charge on any atom is 0.118 e. The minimum absolute atomic E-state index is 0.368. The van der Waals surface area contributed by atoms with Crippen LogP contribution in [-0.2, 0) is 0 Å². The van der Waals surface area contributed by atoms with E-state index in [2.05, 4.69) is 0 Å². The zero-order valence-corrected chi connectivity index (χ0v) is 9.64. The molecule has 2 nitrogen and oxygen atoms in total. The molecule has 0 atom stereocenters. The van der Waals surface area contributed by atoms with Crippen molar-refractivity contribution in [1.82, 2.24) is 0 Å². The van der Waals surface area contributed by atoms with Gasteiger partial charge in [0.05, 0.1) is 0 Å². The van der Waals surface area contributed by atoms with E-state index in [4.69, 9.17) is 10.8 Å². The molecule has 2 aromatic carbocycles. The van der Waals surface area contributed by atoms with Gasteiger partial charge in [-0.05, 0) is 37.1 Å². The maximum atomic E-state index is 8.92. The molecule has 84 valence electrons. The molecule has 2 heteroatoms. The van der Waals surface area contributed by atoms with E-state index >= 15 is 0 Å². The summed E-state index contributed by atoms with van der Waals surface area (Å²) < 4.78 is 0. The summed E-state index contributed by atoms with van der Waals surface area (Å²) in [6.07, 6.45) is 0. The predicted octanol–water partition coefficient (Wildman–Crippen LogP) is 3.28. The summed E-state index contributed by atoms with van der Waals surface area (Å²) in [7, 11) is 0. The van der Waals surface area contributed by atoms with Crippen molar-refractivity contribution in [3.63, 3.8) is 0 Å². The number of anilines is 1. The van der Waals surface area contributed by atoms with Crippen LogP contribution in [0, 0.1) is 13.8 Å². The highest BCUT2D eigenvalue weighted by molar-refractivity contribution is 5.44. The van der Waals surface area contributed by atoms with E-state index in [0.717, 1.165) is 16.8 Å². The van der Waals surface area contributed by atoms with Gasteiger partial charge in [-0.25, -0.2) is 0 Å². The highest BCUT2D eigenvalue weighted by atomic mass is 16.3. The molecule has 0 spiro atoms. The fourth-order valence-corrected chi connectivity index (χ4v) is 1.15. The maximum absolute atomic E-state index is 8.92. The number of phenolic OH excluding ortho intramolecular Hbond substituents is 1. The second-order valence-corrected chi connectivity index (χ2v) is 3.64. The van der Waals surface area contributed by atoms with E-state index in [1.165, 1.54) is 0 Å². The van der Waals surface area contributed by atoms with Gasteiger partial charge in [-0.2, -0.15) is 0 Å². The molecule has 2 rings (SSSR count). The van der Waals surface area contributed by atoms with Crippen LogP contribution in [0.4, 0.5) is 5.69 Å². The normalized spacial score (nSPS) is 9.12. The summed E-state index contributed by atoms with van der Waals surface area (Å²) >= 11 is 0. The number of rotatable bonds is 0. The zero-order valence-electron chi connectivity index (χ0n) is 9.64. The molecule has 0 radical (unpaired) electrons. The largest absolute Gasteiger partial charge is 0.508 e. The standard InChI is InChI=1S/C7H9N.C7H8O/c2*1-6-4-2-3-5-7(6)8/h2-5H,8H2,1H3;2-5,8H,1H3. The molecule has 0 saturated heterocycles. The molecule has 0 amide bonds. The lowest BCUT2D eigenvalue weighted by atomic mass is 10.2. The van der Waals surface area contributed by atoms with Crippen LogP contribution in [0.1, 0.15) is 11.1 Å². The molecule has 0 saturated carbocycles. The molecule has 0 unspecified atom stereocenters. The van der Waals surface area contributed by atoms with Crippen LogP contribution in [0.3, 0.4) is 0 Å². The Hall–Kier alpha value is -1.96. The number of aromatic hydroxyl groups is 1. The molecular weight excluding hydrogens is 198 g/mol. The van der Waals surface area contributed by atoms with Crippen LogP contribution in [0.2, 0.25) is 0 Å². The summed E-state index contributed by atoms with van der Waals surface area (Å²) in [4.78, 5) is 0. The molecule has 3 N–H and O–H groups in total. The first-order valence-electron chi connectivity index (χ1n) is 5.17. The van der Waals surface area contributed by atoms with E-state index in [1.54, 1.807) is 6.07 Å². The van der Waals surface area contributed by atoms with Crippen LogP contribution in [0.25, 0.3) is 0 Å². The van der Waals surface area contributed by atoms with E-state index in [0.29, 0.717) is 5.75 Å². The molecule has 0 aromatic heterocycles. The zero-order chi connectivity index (χ0) is 12.0. The average Bonchev–Trinajstić information content (AvgIpc) is 2.28. The summed E-state index contributed by atoms with van der Waals surface area (Å²) in [6, 6.07) is 15.1. The van der Waals surface area contributed by atoms with Gasteiger partial charge in [-0.15, -0.1) is 0 Å². The Balaban J connectivity index is 0.000000160. The molecule has 0 bridgehead atoms. The number of nitrogen functional groups attached to an aromatic ring is 1. The van der Waals surface area contributed by atoms with Crippen molar-refractivity contribution in [1.29, 1.82) is 0 Å². The van der Waals surface area contributed by atoms with Gasteiger partial charge in [-0.3, -0.25) is 0 Å². The van der Waals surface area contributed by atoms with Crippen molar-refractivity contribution in [3.05, 3.63) is 59.7 Å². The molecule has 0 aliphatic heterocycles. The van der Waals surface area contributed by atoms with Crippen molar-refractivity contribution >= 4 is 5.69 Å². The van der Waals surface area contributed by atoms with Gasteiger partial charge >= 0.3 is 0 Å². The SMILES string of the molecule is Cc1ccccc1N.Cc1ccccc1O. The smallest absolute Gasteiger partial charge is 0.118 e. The Morgan fingerprint density at radius 1 is 0.812 bits per heavy atom. The van der Waals surface area contributed by atoms with Gasteiger partial charge in [0.2, 0.25) is 0 Å². The van der Waals surface area contributed by atoms with E-state index in [9.17, 15) is 0 Å². The van der Waals surface area contributed by atoms with E-state index < -0.39 is 0 Å². The summed E-state index contributed by atoms with van der Waals surface area (Å²) in [5, 5.41) is 8.92. The van der Waals surface area contributed by atoms with Crippen molar-refractivity contribution in [3.8, 4) is 5.75 Å². The van der Waals surface area contributed by atoms with Crippen LogP contribution in [-0.4, -0.2) is 5.11 Å². The highest BCUT2D eigenvalue weighted by Crippen LogP contribution is 2.12. The summed E-state index contributed by atoms with van der Waals surface area (Å²) in [6.45, 7) is 3.87. The van der Waals surface area contributed by atoms with Gasteiger partial charge in [0.25, 0.3) is 0 Å². The number of benzene rings is 2. The topological polar surface area (TPSA) is 46.2 Å². The minimum Gasteiger partial charge on any atom is -0.508 e. The lowest BCUT2D eigenvalue weighted by molar-refractivity contribution is 0.471. The molecule has 2 aromatic rings. The fourth-order valence-electron chi connectivity index (χ4n) is 1.15. The van der Waals surface area contributed by atoms with Crippen LogP contribution < -0.4 is 5.73 Å². The number of para-hydroxylation sites is 2. The molecular formula is C14H17NO. The lowest BCUT2D eigenvalue weighted by Gasteiger charge is -1.93. The third-order valence-corrected chi connectivity index (χ3v) is 2.30. The van der Waals surface area contributed by atoms with E-state index in [-0.39, 0.29) is 0 Å². The van der Waals surface area contributed by atoms with Crippen molar-refractivity contribution in [2.75, 3.05) is 5.73 Å². The minimum atomic E-state index is 0.368. The molecule has 0 aliphatic rings. The van der Waals surface area contributed by atoms with Crippen molar-refractivity contribution < 1.29 is 5.11 Å². The van der Waals surface area contributed by atoms with Gasteiger partial charge in [0, 0.05) is 5.69 Å².